The average Bonchev–Trinajstić information content (AvgIpc) is 2.98. The van der Waals surface area contributed by atoms with E-state index in [1.54, 1.807) is 25.7 Å². The molecule has 1 N–H and O–H groups in total. The van der Waals surface area contributed by atoms with Gasteiger partial charge in [-0.2, -0.15) is 0 Å². The Labute approximate surface area is 113 Å². The fourth-order valence-corrected chi connectivity index (χ4v) is 5.38. The number of nitrogens with one attached hydrogen (secondary N) is 1. The van der Waals surface area contributed by atoms with E-state index < -0.39 is 0 Å². The van der Waals surface area contributed by atoms with Crippen molar-refractivity contribution in [1.82, 2.24) is 5.32 Å². The SMILES string of the molecule is CNC(CC1CC2CCC1C2)C1CCCC(C)C1. The summed E-state index contributed by atoms with van der Waals surface area (Å²) in [6.07, 6.45) is 13.6. The molecule has 3 saturated carbocycles. The topological polar surface area (TPSA) is 12.0 Å². The van der Waals surface area contributed by atoms with Crippen molar-refractivity contribution in [2.45, 2.75) is 70.8 Å². The first-order valence-corrected chi connectivity index (χ1v) is 8.43. The molecule has 3 rings (SSSR count). The molecular weight excluding hydrogens is 218 g/mol. The van der Waals surface area contributed by atoms with Crippen LogP contribution >= 0.6 is 0 Å². The second-order valence-electron chi connectivity index (χ2n) is 7.60. The van der Waals surface area contributed by atoms with Gasteiger partial charge in [0.15, 0.2) is 0 Å². The average molecular weight is 249 g/mol. The summed E-state index contributed by atoms with van der Waals surface area (Å²) >= 11 is 0. The summed E-state index contributed by atoms with van der Waals surface area (Å²) in [4.78, 5) is 0. The molecule has 0 spiro atoms. The van der Waals surface area contributed by atoms with Gasteiger partial charge in [-0.1, -0.05) is 26.2 Å². The third-order valence-corrected chi connectivity index (χ3v) is 6.36. The number of hydrogen-bond acceptors (Lipinski definition) is 1. The van der Waals surface area contributed by atoms with Crippen LogP contribution in [-0.2, 0) is 0 Å². The van der Waals surface area contributed by atoms with Gasteiger partial charge in [0.25, 0.3) is 0 Å². The molecule has 6 atom stereocenters. The van der Waals surface area contributed by atoms with Crippen molar-refractivity contribution < 1.29 is 0 Å². The molecule has 0 aromatic heterocycles. The second-order valence-corrected chi connectivity index (χ2v) is 7.60. The van der Waals surface area contributed by atoms with Crippen LogP contribution in [0.15, 0.2) is 0 Å². The zero-order valence-corrected chi connectivity index (χ0v) is 12.3. The maximum atomic E-state index is 3.68. The predicted molar refractivity (Wildman–Crippen MR) is 77.5 cm³/mol. The van der Waals surface area contributed by atoms with E-state index in [2.05, 4.69) is 19.3 Å². The highest BCUT2D eigenvalue weighted by Gasteiger charge is 2.41. The Kier molecular flexibility index (Phi) is 3.98. The first kappa shape index (κ1) is 13.0. The van der Waals surface area contributed by atoms with Gasteiger partial charge < -0.3 is 5.32 Å². The number of fused-ring (bicyclic) bond motifs is 2. The molecule has 6 unspecified atom stereocenters. The van der Waals surface area contributed by atoms with Crippen molar-refractivity contribution in [3.63, 3.8) is 0 Å². The van der Waals surface area contributed by atoms with Crippen molar-refractivity contribution in [1.29, 1.82) is 0 Å². The maximum absolute atomic E-state index is 3.68. The summed E-state index contributed by atoms with van der Waals surface area (Å²) < 4.78 is 0. The summed E-state index contributed by atoms with van der Waals surface area (Å²) in [5, 5.41) is 3.68. The summed E-state index contributed by atoms with van der Waals surface area (Å²) in [7, 11) is 2.21. The monoisotopic (exact) mass is 249 g/mol. The second kappa shape index (κ2) is 5.53. The Bertz CT molecular complexity index is 275. The Balaban J connectivity index is 1.55. The Morgan fingerprint density at radius 2 is 1.94 bits per heavy atom. The van der Waals surface area contributed by atoms with Crippen LogP contribution < -0.4 is 5.32 Å². The standard InChI is InChI=1S/C17H31N/c1-12-4-3-5-15(8-12)17(18-2)11-16-10-13-6-7-14(16)9-13/h12-18H,3-11H2,1-2H3. The van der Waals surface area contributed by atoms with E-state index in [1.807, 2.05) is 0 Å². The van der Waals surface area contributed by atoms with E-state index in [9.17, 15) is 0 Å². The lowest BCUT2D eigenvalue weighted by molar-refractivity contribution is 0.185. The molecule has 0 saturated heterocycles. The van der Waals surface area contributed by atoms with E-state index in [4.69, 9.17) is 0 Å². The van der Waals surface area contributed by atoms with Gasteiger partial charge in [0.2, 0.25) is 0 Å². The molecule has 0 heterocycles. The van der Waals surface area contributed by atoms with Gasteiger partial charge >= 0.3 is 0 Å². The van der Waals surface area contributed by atoms with Crippen LogP contribution in [-0.4, -0.2) is 13.1 Å². The summed E-state index contributed by atoms with van der Waals surface area (Å²) in [6, 6.07) is 0.817. The van der Waals surface area contributed by atoms with Crippen LogP contribution in [0.2, 0.25) is 0 Å². The van der Waals surface area contributed by atoms with Crippen molar-refractivity contribution in [3.05, 3.63) is 0 Å². The zero-order valence-electron chi connectivity index (χ0n) is 12.3. The molecule has 0 amide bonds. The molecule has 0 aromatic rings. The van der Waals surface area contributed by atoms with Crippen molar-refractivity contribution in [2.75, 3.05) is 7.05 Å². The lowest BCUT2D eigenvalue weighted by Gasteiger charge is -2.36. The van der Waals surface area contributed by atoms with Crippen molar-refractivity contribution in [2.24, 2.45) is 29.6 Å². The minimum atomic E-state index is 0.817. The highest BCUT2D eigenvalue weighted by Crippen LogP contribution is 2.50. The van der Waals surface area contributed by atoms with E-state index >= 15 is 0 Å². The normalized spacial score (nSPS) is 45.3. The summed E-state index contributed by atoms with van der Waals surface area (Å²) in [6.45, 7) is 2.45. The molecule has 1 nitrogen and oxygen atoms in total. The first-order valence-electron chi connectivity index (χ1n) is 8.43. The fraction of sp³-hybridized carbons (Fsp3) is 1.00. The first-order chi connectivity index (χ1) is 8.76. The van der Waals surface area contributed by atoms with E-state index in [-0.39, 0.29) is 0 Å². The van der Waals surface area contributed by atoms with Crippen LogP contribution in [0.25, 0.3) is 0 Å². The molecule has 18 heavy (non-hydrogen) atoms. The predicted octanol–water partition coefficient (Wildman–Crippen LogP) is 4.23. The van der Waals surface area contributed by atoms with Gasteiger partial charge in [-0.05, 0) is 75.2 Å². The molecule has 0 radical (unpaired) electrons. The molecular formula is C17H31N. The van der Waals surface area contributed by atoms with Gasteiger partial charge in [-0.3, -0.25) is 0 Å². The maximum Gasteiger partial charge on any atom is 0.00951 e. The molecule has 0 aromatic carbocycles. The van der Waals surface area contributed by atoms with Gasteiger partial charge in [0.05, 0.1) is 0 Å². The summed E-state index contributed by atoms with van der Waals surface area (Å²) in [5.74, 6) is 5.23. The fourth-order valence-electron chi connectivity index (χ4n) is 5.38. The van der Waals surface area contributed by atoms with Gasteiger partial charge in [0.1, 0.15) is 0 Å². The Morgan fingerprint density at radius 1 is 1.06 bits per heavy atom. The molecule has 1 heteroatoms. The van der Waals surface area contributed by atoms with E-state index in [1.165, 1.54) is 32.1 Å². The molecule has 2 bridgehead atoms. The zero-order chi connectivity index (χ0) is 12.5. The smallest absolute Gasteiger partial charge is 0.00951 e. The Morgan fingerprint density at radius 3 is 2.56 bits per heavy atom. The van der Waals surface area contributed by atoms with Crippen molar-refractivity contribution in [3.8, 4) is 0 Å². The van der Waals surface area contributed by atoms with Crippen LogP contribution in [0.1, 0.15) is 64.7 Å². The molecule has 104 valence electrons. The lowest BCUT2D eigenvalue weighted by Crippen LogP contribution is -2.38. The van der Waals surface area contributed by atoms with Crippen LogP contribution in [0.3, 0.4) is 0 Å². The van der Waals surface area contributed by atoms with Gasteiger partial charge in [-0.15, -0.1) is 0 Å². The minimum absolute atomic E-state index is 0.817. The third-order valence-electron chi connectivity index (χ3n) is 6.36. The minimum Gasteiger partial charge on any atom is -0.317 e. The number of hydrogen-bond donors (Lipinski definition) is 1. The highest BCUT2D eigenvalue weighted by atomic mass is 14.9. The van der Waals surface area contributed by atoms with Crippen LogP contribution in [0.4, 0.5) is 0 Å². The van der Waals surface area contributed by atoms with Gasteiger partial charge in [-0.25, -0.2) is 0 Å². The van der Waals surface area contributed by atoms with E-state index in [0.717, 1.165) is 35.6 Å². The van der Waals surface area contributed by atoms with Crippen LogP contribution in [0, 0.1) is 29.6 Å². The molecule has 3 aliphatic carbocycles. The molecule has 3 fully saturated rings. The quantitative estimate of drug-likeness (QED) is 0.786. The largest absolute Gasteiger partial charge is 0.317 e. The molecule has 0 aliphatic heterocycles. The lowest BCUT2D eigenvalue weighted by atomic mass is 9.74. The third kappa shape index (κ3) is 2.61. The van der Waals surface area contributed by atoms with Crippen molar-refractivity contribution >= 4 is 0 Å². The summed E-state index contributed by atoms with van der Waals surface area (Å²) in [5.41, 5.74) is 0. The molecule has 3 aliphatic rings. The van der Waals surface area contributed by atoms with Crippen LogP contribution in [0.5, 0.6) is 0 Å². The highest BCUT2D eigenvalue weighted by molar-refractivity contribution is 4.93. The van der Waals surface area contributed by atoms with Gasteiger partial charge in [0, 0.05) is 6.04 Å². The van der Waals surface area contributed by atoms with E-state index in [0.29, 0.717) is 0 Å². The number of rotatable bonds is 4. The Hall–Kier alpha value is -0.0400.